The lowest BCUT2D eigenvalue weighted by molar-refractivity contribution is 0.443. The molecule has 2 aromatic heterocycles. The largest absolute Gasteiger partial charge is 0.493 e. The van der Waals surface area contributed by atoms with Gasteiger partial charge in [-0.05, 0) is 18.6 Å². The van der Waals surface area contributed by atoms with E-state index in [0.717, 1.165) is 17.5 Å². The first kappa shape index (κ1) is 13.2. The van der Waals surface area contributed by atoms with Crippen molar-refractivity contribution in [1.29, 1.82) is 0 Å². The minimum Gasteiger partial charge on any atom is -0.493 e. The number of nitrogens with zero attached hydrogens (tertiary/aromatic N) is 2. The molecule has 7 heteroatoms. The Morgan fingerprint density at radius 2 is 1.95 bits per heavy atom. The summed E-state index contributed by atoms with van der Waals surface area (Å²) in [6.07, 6.45) is 1.24. The molecule has 0 radical (unpaired) electrons. The predicted octanol–water partition coefficient (Wildman–Crippen LogP) is 2.05. The number of rotatable bonds is 4. The van der Waals surface area contributed by atoms with Crippen LogP contribution in [-0.2, 0) is 6.42 Å². The van der Waals surface area contributed by atoms with Crippen LogP contribution in [0.1, 0.15) is 18.9 Å². The SMILES string of the molecule is CCCc1c(O)nc(Nc2nc3ccccc3[nH]2)[nH]c1=O. The minimum atomic E-state index is -0.344. The Hall–Kier alpha value is -2.83. The van der Waals surface area contributed by atoms with Crippen molar-refractivity contribution in [1.82, 2.24) is 19.9 Å². The Morgan fingerprint density at radius 3 is 2.67 bits per heavy atom. The highest BCUT2D eigenvalue weighted by molar-refractivity contribution is 5.77. The lowest BCUT2D eigenvalue weighted by atomic mass is 10.2. The van der Waals surface area contributed by atoms with Crippen molar-refractivity contribution in [2.75, 3.05) is 5.32 Å². The van der Waals surface area contributed by atoms with E-state index in [1.54, 1.807) is 0 Å². The molecule has 0 amide bonds. The highest BCUT2D eigenvalue weighted by Gasteiger charge is 2.11. The van der Waals surface area contributed by atoms with Gasteiger partial charge >= 0.3 is 0 Å². The van der Waals surface area contributed by atoms with Gasteiger partial charge in [0.05, 0.1) is 16.6 Å². The van der Waals surface area contributed by atoms with Crippen LogP contribution in [0.25, 0.3) is 11.0 Å². The second-order valence-electron chi connectivity index (χ2n) is 4.69. The van der Waals surface area contributed by atoms with Gasteiger partial charge in [-0.25, -0.2) is 4.98 Å². The fourth-order valence-corrected chi connectivity index (χ4v) is 2.14. The monoisotopic (exact) mass is 285 g/mol. The summed E-state index contributed by atoms with van der Waals surface area (Å²) in [6, 6.07) is 7.55. The average Bonchev–Trinajstić information content (AvgIpc) is 2.85. The second-order valence-corrected chi connectivity index (χ2v) is 4.69. The molecule has 21 heavy (non-hydrogen) atoms. The molecule has 0 spiro atoms. The summed E-state index contributed by atoms with van der Waals surface area (Å²) in [5.74, 6) is 0.345. The second kappa shape index (κ2) is 5.28. The topological polar surface area (TPSA) is 107 Å². The van der Waals surface area contributed by atoms with Crippen LogP contribution in [-0.4, -0.2) is 25.0 Å². The molecule has 7 nitrogen and oxygen atoms in total. The average molecular weight is 285 g/mol. The number of nitrogens with one attached hydrogen (secondary N) is 3. The highest BCUT2D eigenvalue weighted by atomic mass is 16.3. The summed E-state index contributed by atoms with van der Waals surface area (Å²) in [6.45, 7) is 1.93. The van der Waals surface area contributed by atoms with Gasteiger partial charge in [-0.3, -0.25) is 15.1 Å². The van der Waals surface area contributed by atoms with Crippen LogP contribution >= 0.6 is 0 Å². The maximum absolute atomic E-state index is 11.9. The number of H-pyrrole nitrogens is 2. The van der Waals surface area contributed by atoms with Gasteiger partial charge in [0, 0.05) is 0 Å². The van der Waals surface area contributed by atoms with Gasteiger partial charge in [0.25, 0.3) is 5.56 Å². The maximum atomic E-state index is 11.9. The van der Waals surface area contributed by atoms with E-state index in [2.05, 4.69) is 25.3 Å². The molecule has 0 aliphatic heterocycles. The van der Waals surface area contributed by atoms with Gasteiger partial charge in [0.2, 0.25) is 17.8 Å². The molecule has 0 aliphatic rings. The minimum absolute atomic E-state index is 0.149. The summed E-state index contributed by atoms with van der Waals surface area (Å²) in [7, 11) is 0. The molecular formula is C14H15N5O2. The van der Waals surface area contributed by atoms with Crippen LogP contribution in [0.15, 0.2) is 29.1 Å². The fourth-order valence-electron chi connectivity index (χ4n) is 2.14. The number of aromatic nitrogens is 4. The smallest absolute Gasteiger partial charge is 0.259 e. The number of aromatic amines is 2. The quantitative estimate of drug-likeness (QED) is 0.587. The number of hydrogen-bond acceptors (Lipinski definition) is 5. The van der Waals surface area contributed by atoms with Gasteiger partial charge in [0.1, 0.15) is 0 Å². The van der Waals surface area contributed by atoms with Crippen LogP contribution in [0.4, 0.5) is 11.9 Å². The third-order valence-corrected chi connectivity index (χ3v) is 3.12. The van der Waals surface area contributed by atoms with Gasteiger partial charge in [-0.2, -0.15) is 4.98 Å². The summed E-state index contributed by atoms with van der Waals surface area (Å²) >= 11 is 0. The van der Waals surface area contributed by atoms with E-state index < -0.39 is 0 Å². The van der Waals surface area contributed by atoms with Gasteiger partial charge < -0.3 is 10.1 Å². The molecule has 4 N–H and O–H groups in total. The van der Waals surface area contributed by atoms with Crippen molar-refractivity contribution in [2.24, 2.45) is 0 Å². The van der Waals surface area contributed by atoms with E-state index in [1.807, 2.05) is 31.2 Å². The lowest BCUT2D eigenvalue weighted by Gasteiger charge is -2.05. The van der Waals surface area contributed by atoms with Gasteiger partial charge in [-0.15, -0.1) is 0 Å². The zero-order chi connectivity index (χ0) is 14.8. The van der Waals surface area contributed by atoms with E-state index >= 15 is 0 Å². The third kappa shape index (κ3) is 2.58. The van der Waals surface area contributed by atoms with Crippen molar-refractivity contribution in [2.45, 2.75) is 19.8 Å². The Labute approximate surface area is 120 Å². The fraction of sp³-hybridized carbons (Fsp3) is 0.214. The normalized spacial score (nSPS) is 10.9. The molecular weight excluding hydrogens is 270 g/mol. The number of anilines is 2. The number of para-hydroxylation sites is 2. The number of hydrogen-bond donors (Lipinski definition) is 4. The molecule has 0 fully saturated rings. The Bertz CT molecular complexity index is 804. The van der Waals surface area contributed by atoms with Crippen molar-refractivity contribution in [3.8, 4) is 5.88 Å². The van der Waals surface area contributed by atoms with Gasteiger partial charge in [0.15, 0.2) is 0 Å². The first-order valence-corrected chi connectivity index (χ1v) is 6.71. The number of imidazole rings is 1. The summed E-state index contributed by atoms with van der Waals surface area (Å²) in [4.78, 5) is 25.8. The van der Waals surface area contributed by atoms with Crippen molar-refractivity contribution in [3.63, 3.8) is 0 Å². The summed E-state index contributed by atoms with van der Waals surface area (Å²) in [5, 5.41) is 12.7. The molecule has 3 rings (SSSR count). The highest BCUT2D eigenvalue weighted by Crippen LogP contribution is 2.17. The molecule has 1 aromatic carbocycles. The van der Waals surface area contributed by atoms with E-state index in [-0.39, 0.29) is 17.4 Å². The first-order valence-electron chi connectivity index (χ1n) is 6.71. The van der Waals surface area contributed by atoms with Crippen molar-refractivity contribution >= 4 is 22.9 Å². The number of aromatic hydroxyl groups is 1. The van der Waals surface area contributed by atoms with Crippen LogP contribution < -0.4 is 10.9 Å². The number of fused-ring (bicyclic) bond motifs is 1. The molecule has 0 aliphatic carbocycles. The molecule has 0 saturated heterocycles. The molecule has 0 unspecified atom stereocenters. The number of benzene rings is 1. The maximum Gasteiger partial charge on any atom is 0.259 e. The summed E-state index contributed by atoms with van der Waals surface area (Å²) in [5.41, 5.74) is 1.62. The zero-order valence-corrected chi connectivity index (χ0v) is 11.5. The Morgan fingerprint density at radius 1 is 1.19 bits per heavy atom. The molecule has 0 bridgehead atoms. The summed E-state index contributed by atoms with van der Waals surface area (Å²) < 4.78 is 0. The van der Waals surface area contributed by atoms with E-state index in [0.29, 0.717) is 17.9 Å². The van der Waals surface area contributed by atoms with Crippen LogP contribution in [0, 0.1) is 0 Å². The molecule has 2 heterocycles. The van der Waals surface area contributed by atoms with E-state index in [9.17, 15) is 9.90 Å². The Balaban J connectivity index is 1.92. The van der Waals surface area contributed by atoms with E-state index in [1.165, 1.54) is 0 Å². The van der Waals surface area contributed by atoms with Crippen molar-refractivity contribution in [3.05, 3.63) is 40.2 Å². The van der Waals surface area contributed by atoms with Crippen LogP contribution in [0.2, 0.25) is 0 Å². The molecule has 0 saturated carbocycles. The third-order valence-electron chi connectivity index (χ3n) is 3.12. The predicted molar refractivity (Wildman–Crippen MR) is 79.9 cm³/mol. The molecule has 108 valence electrons. The van der Waals surface area contributed by atoms with Crippen LogP contribution in [0.5, 0.6) is 5.88 Å². The lowest BCUT2D eigenvalue weighted by Crippen LogP contribution is -2.16. The standard InChI is InChI=1S/C14H15N5O2/c1-2-5-8-11(20)17-14(18-12(8)21)19-13-15-9-6-3-4-7-10(9)16-13/h3-4,6-7H,2,5H2,1H3,(H4,15,16,17,18,19,20,21). The first-order chi connectivity index (χ1) is 10.2. The van der Waals surface area contributed by atoms with E-state index in [4.69, 9.17) is 0 Å². The molecule has 0 atom stereocenters. The molecule has 3 aromatic rings. The van der Waals surface area contributed by atoms with Crippen LogP contribution in [0.3, 0.4) is 0 Å². The zero-order valence-electron chi connectivity index (χ0n) is 11.5. The van der Waals surface area contributed by atoms with Crippen molar-refractivity contribution < 1.29 is 5.11 Å². The Kier molecular flexibility index (Phi) is 3.31. The van der Waals surface area contributed by atoms with Gasteiger partial charge in [-0.1, -0.05) is 25.5 Å².